The fraction of sp³-hybridized carbons (Fsp3) is 0.500. The number of ether oxygens (including phenoxy) is 2. The number of nitro groups is 1. The summed E-state index contributed by atoms with van der Waals surface area (Å²) in [6.45, 7) is -0.647. The standard InChI is InChI=1S/C12H15NO8/c14-5-8-9(15)10(16)11(17)12(21-8)20-7-4-2-1-3-6(7)13(18)19/h1-4,8-12,14-17H,5H2/t8-,9-,10+,11-,12?/m1/s1/i3D. The first-order chi connectivity index (χ1) is 10.4. The fourth-order valence-corrected chi connectivity index (χ4v) is 1.94. The topological polar surface area (TPSA) is 143 Å². The van der Waals surface area contributed by atoms with Crippen LogP contribution < -0.4 is 4.74 Å². The lowest BCUT2D eigenvalue weighted by molar-refractivity contribution is -0.387. The van der Waals surface area contributed by atoms with E-state index in [2.05, 4.69) is 0 Å². The van der Waals surface area contributed by atoms with Gasteiger partial charge in [-0.15, -0.1) is 0 Å². The van der Waals surface area contributed by atoms with E-state index in [0.29, 0.717) is 0 Å². The number of aliphatic hydroxyl groups is 4. The summed E-state index contributed by atoms with van der Waals surface area (Å²) in [5.41, 5.74) is -0.625. The highest BCUT2D eigenvalue weighted by Crippen LogP contribution is 2.30. The van der Waals surface area contributed by atoms with Gasteiger partial charge in [0.25, 0.3) is 0 Å². The Balaban J connectivity index is 2.27. The molecule has 116 valence electrons. The second kappa shape index (κ2) is 6.33. The van der Waals surface area contributed by atoms with Crippen LogP contribution in [-0.4, -0.2) is 62.7 Å². The molecule has 1 fully saturated rings. The normalized spacial score (nSPS) is 33.3. The van der Waals surface area contributed by atoms with Crippen LogP contribution >= 0.6 is 0 Å². The summed E-state index contributed by atoms with van der Waals surface area (Å²) in [6.07, 6.45) is -7.64. The molecule has 5 atom stereocenters. The zero-order chi connectivity index (χ0) is 16.4. The third-order valence-electron chi connectivity index (χ3n) is 3.07. The van der Waals surface area contributed by atoms with Gasteiger partial charge in [0.1, 0.15) is 24.4 Å². The van der Waals surface area contributed by atoms with E-state index in [1.165, 1.54) is 18.2 Å². The molecule has 0 saturated carbocycles. The molecule has 9 heteroatoms. The molecule has 2 rings (SSSR count). The second-order valence-electron chi connectivity index (χ2n) is 4.46. The zero-order valence-electron chi connectivity index (χ0n) is 11.7. The number of aliphatic hydroxyl groups excluding tert-OH is 4. The molecule has 1 heterocycles. The highest BCUT2D eigenvalue weighted by Gasteiger charge is 2.45. The Morgan fingerprint density at radius 2 is 2.05 bits per heavy atom. The summed E-state index contributed by atoms with van der Waals surface area (Å²) in [5, 5.41) is 49.1. The fourth-order valence-electron chi connectivity index (χ4n) is 1.94. The molecule has 4 N–H and O–H groups in total. The molecular formula is C12H15NO8. The summed E-state index contributed by atoms with van der Waals surface area (Å²) in [4.78, 5) is 10.2. The van der Waals surface area contributed by atoms with Crippen molar-refractivity contribution in [3.8, 4) is 5.75 Å². The lowest BCUT2D eigenvalue weighted by atomic mass is 9.99. The molecule has 21 heavy (non-hydrogen) atoms. The molecule has 0 radical (unpaired) electrons. The van der Waals surface area contributed by atoms with Gasteiger partial charge in [0.05, 0.1) is 12.9 Å². The number of benzene rings is 1. The molecule has 1 aliphatic rings. The smallest absolute Gasteiger partial charge is 0.311 e. The molecule has 0 amide bonds. The van der Waals surface area contributed by atoms with Gasteiger partial charge in [-0.3, -0.25) is 10.1 Å². The van der Waals surface area contributed by atoms with Crippen LogP contribution in [0.3, 0.4) is 0 Å². The summed E-state index contributed by atoms with van der Waals surface area (Å²) in [6, 6.07) is 3.34. The van der Waals surface area contributed by atoms with Gasteiger partial charge in [-0.25, -0.2) is 0 Å². The van der Waals surface area contributed by atoms with Gasteiger partial charge in [0.2, 0.25) is 6.29 Å². The number of nitro benzene ring substituents is 1. The van der Waals surface area contributed by atoms with E-state index in [0.717, 1.165) is 0 Å². The predicted octanol–water partition coefficient (Wildman–Crippen LogP) is -1.23. The van der Waals surface area contributed by atoms with Crippen molar-refractivity contribution in [3.05, 3.63) is 34.4 Å². The van der Waals surface area contributed by atoms with Crippen LogP contribution in [0.5, 0.6) is 5.75 Å². The van der Waals surface area contributed by atoms with Crippen LogP contribution in [-0.2, 0) is 4.74 Å². The highest BCUT2D eigenvalue weighted by atomic mass is 16.7. The molecular weight excluding hydrogens is 286 g/mol. The lowest BCUT2D eigenvalue weighted by Gasteiger charge is -2.39. The van der Waals surface area contributed by atoms with E-state index >= 15 is 0 Å². The van der Waals surface area contributed by atoms with Gasteiger partial charge in [0.15, 0.2) is 5.75 Å². The molecule has 1 aliphatic heterocycles. The quantitative estimate of drug-likeness (QED) is 0.400. The largest absolute Gasteiger partial charge is 0.455 e. The zero-order valence-corrected chi connectivity index (χ0v) is 10.7. The number of rotatable bonds is 4. The molecule has 9 nitrogen and oxygen atoms in total. The van der Waals surface area contributed by atoms with Crippen molar-refractivity contribution >= 4 is 5.69 Å². The van der Waals surface area contributed by atoms with Crippen molar-refractivity contribution in [2.45, 2.75) is 30.7 Å². The number of nitrogens with zero attached hydrogens (tertiary/aromatic N) is 1. The summed E-state index contributed by atoms with van der Waals surface area (Å²) >= 11 is 0. The van der Waals surface area contributed by atoms with Crippen LogP contribution in [0.1, 0.15) is 1.37 Å². The first-order valence-corrected chi connectivity index (χ1v) is 6.08. The molecule has 0 spiro atoms. The molecule has 0 aromatic heterocycles. The predicted molar refractivity (Wildman–Crippen MR) is 67.5 cm³/mol. The number of hydrogen-bond acceptors (Lipinski definition) is 8. The van der Waals surface area contributed by atoms with Crippen molar-refractivity contribution < 1.29 is 36.2 Å². The average Bonchev–Trinajstić information content (AvgIpc) is 2.47. The third kappa shape index (κ3) is 3.12. The molecule has 1 unspecified atom stereocenters. The SMILES string of the molecule is [2H]c1cccc(OC2O[C@H](CO)[C@@H](O)[C@H](O)[C@H]2O)c1[N+](=O)[O-]. The Kier molecular flexibility index (Phi) is 4.27. The third-order valence-corrected chi connectivity index (χ3v) is 3.07. The maximum atomic E-state index is 11.0. The molecule has 0 bridgehead atoms. The maximum Gasteiger partial charge on any atom is 0.311 e. The number of hydrogen-bond donors (Lipinski definition) is 4. The van der Waals surface area contributed by atoms with E-state index in [9.17, 15) is 25.4 Å². The molecule has 1 saturated heterocycles. The van der Waals surface area contributed by atoms with Crippen molar-refractivity contribution in [1.29, 1.82) is 0 Å². The van der Waals surface area contributed by atoms with Gasteiger partial charge in [-0.05, 0) is 6.07 Å². The minimum Gasteiger partial charge on any atom is -0.455 e. The first-order valence-electron chi connectivity index (χ1n) is 6.58. The Labute approximate surface area is 120 Å². The summed E-state index contributed by atoms with van der Waals surface area (Å²) < 4.78 is 17.8. The van der Waals surface area contributed by atoms with E-state index in [-0.39, 0.29) is 5.75 Å². The van der Waals surface area contributed by atoms with E-state index in [1.54, 1.807) is 0 Å². The van der Waals surface area contributed by atoms with E-state index < -0.39 is 54.0 Å². The van der Waals surface area contributed by atoms with Gasteiger partial charge in [0, 0.05) is 6.04 Å². The van der Waals surface area contributed by atoms with Gasteiger partial charge >= 0.3 is 5.69 Å². The van der Waals surface area contributed by atoms with Crippen LogP contribution in [0.2, 0.25) is 0 Å². The van der Waals surface area contributed by atoms with Crippen LogP contribution in [0.25, 0.3) is 0 Å². The maximum absolute atomic E-state index is 11.0. The minimum absolute atomic E-state index is 0.332. The molecule has 1 aromatic rings. The van der Waals surface area contributed by atoms with Crippen LogP contribution in [0.15, 0.2) is 24.2 Å². The Morgan fingerprint density at radius 3 is 2.67 bits per heavy atom. The lowest BCUT2D eigenvalue weighted by Crippen LogP contribution is -2.60. The molecule has 1 aromatic carbocycles. The van der Waals surface area contributed by atoms with Crippen LogP contribution in [0, 0.1) is 10.1 Å². The summed E-state index contributed by atoms with van der Waals surface area (Å²) in [5.74, 6) is -0.332. The summed E-state index contributed by atoms with van der Waals surface area (Å²) in [7, 11) is 0. The molecule has 0 aliphatic carbocycles. The van der Waals surface area contributed by atoms with Crippen LogP contribution in [0.4, 0.5) is 5.69 Å². The average molecular weight is 302 g/mol. The Hall–Kier alpha value is -1.78. The van der Waals surface area contributed by atoms with E-state index in [4.69, 9.17) is 16.0 Å². The minimum atomic E-state index is -1.69. The monoisotopic (exact) mass is 302 g/mol. The Bertz CT molecular complexity index is 554. The van der Waals surface area contributed by atoms with Crippen molar-refractivity contribution in [2.24, 2.45) is 0 Å². The van der Waals surface area contributed by atoms with Gasteiger partial charge in [-0.1, -0.05) is 12.1 Å². The van der Waals surface area contributed by atoms with E-state index in [1.807, 2.05) is 0 Å². The second-order valence-corrected chi connectivity index (χ2v) is 4.46. The number of para-hydroxylation sites is 2. The van der Waals surface area contributed by atoms with Gasteiger partial charge < -0.3 is 29.9 Å². The van der Waals surface area contributed by atoms with Crippen molar-refractivity contribution in [3.63, 3.8) is 0 Å². The first kappa shape index (κ1) is 14.2. The van der Waals surface area contributed by atoms with Crippen molar-refractivity contribution in [2.75, 3.05) is 6.61 Å². The highest BCUT2D eigenvalue weighted by molar-refractivity contribution is 5.45. The van der Waals surface area contributed by atoms with Gasteiger partial charge in [-0.2, -0.15) is 0 Å². The Morgan fingerprint density at radius 1 is 1.33 bits per heavy atom. The van der Waals surface area contributed by atoms with Crippen molar-refractivity contribution in [1.82, 2.24) is 0 Å².